The fourth-order valence-corrected chi connectivity index (χ4v) is 3.06. The molecule has 2 aromatic heterocycles. The molecule has 3 heterocycles. The lowest BCUT2D eigenvalue weighted by Gasteiger charge is -2.27. The maximum absolute atomic E-state index is 9.23. The van der Waals surface area contributed by atoms with Crippen LogP contribution in [0.15, 0.2) is 24.5 Å². The molecule has 1 fully saturated rings. The fraction of sp³-hybridized carbons (Fsp3) is 0.333. The van der Waals surface area contributed by atoms with Gasteiger partial charge in [-0.25, -0.2) is 4.68 Å². The second kappa shape index (κ2) is 4.80. The molecule has 1 aliphatic rings. The van der Waals surface area contributed by atoms with E-state index in [9.17, 15) is 5.26 Å². The molecule has 0 aromatic carbocycles. The maximum atomic E-state index is 9.23. The molecule has 0 saturated carbocycles. The van der Waals surface area contributed by atoms with Gasteiger partial charge in [0.1, 0.15) is 16.1 Å². The second-order valence-electron chi connectivity index (χ2n) is 3.97. The highest BCUT2D eigenvalue weighted by Gasteiger charge is 2.18. The maximum Gasteiger partial charge on any atom is 0.120 e. The Morgan fingerprint density at radius 3 is 2.89 bits per heavy atom. The highest BCUT2D eigenvalue weighted by molar-refractivity contribution is 7.18. The van der Waals surface area contributed by atoms with Crippen LogP contribution in [0.1, 0.15) is 5.56 Å². The molecule has 18 heavy (non-hydrogen) atoms. The van der Waals surface area contributed by atoms with Crippen LogP contribution < -0.4 is 4.90 Å². The zero-order valence-corrected chi connectivity index (χ0v) is 10.6. The predicted octanol–water partition coefficient (Wildman–Crippen LogP) is 1.64. The lowest BCUT2D eigenvalue weighted by Crippen LogP contribution is -2.36. The summed E-state index contributed by atoms with van der Waals surface area (Å²) in [6.07, 6.45) is 3.62. The van der Waals surface area contributed by atoms with Crippen molar-refractivity contribution in [3.63, 3.8) is 0 Å². The van der Waals surface area contributed by atoms with Gasteiger partial charge in [0.05, 0.1) is 18.8 Å². The Labute approximate surface area is 109 Å². The molecule has 0 spiro atoms. The van der Waals surface area contributed by atoms with E-state index in [0.29, 0.717) is 5.56 Å². The molecule has 1 saturated heterocycles. The van der Waals surface area contributed by atoms with E-state index in [4.69, 9.17) is 4.74 Å². The number of nitrogens with zero attached hydrogens (tertiary/aromatic N) is 4. The first-order valence-corrected chi connectivity index (χ1v) is 6.57. The molecule has 1 aliphatic heterocycles. The number of morpholine rings is 1. The van der Waals surface area contributed by atoms with E-state index in [1.54, 1.807) is 22.2 Å². The predicted molar refractivity (Wildman–Crippen MR) is 69.2 cm³/mol. The van der Waals surface area contributed by atoms with E-state index in [1.165, 1.54) is 0 Å². The largest absolute Gasteiger partial charge is 0.378 e. The lowest BCUT2D eigenvalue weighted by molar-refractivity contribution is 0.123. The van der Waals surface area contributed by atoms with Gasteiger partial charge in [0, 0.05) is 25.5 Å². The molecule has 2 aromatic rings. The highest BCUT2D eigenvalue weighted by atomic mass is 32.1. The fourth-order valence-electron chi connectivity index (χ4n) is 1.96. The van der Waals surface area contributed by atoms with Crippen molar-refractivity contribution in [2.24, 2.45) is 0 Å². The van der Waals surface area contributed by atoms with Gasteiger partial charge in [-0.1, -0.05) is 11.3 Å². The zero-order valence-electron chi connectivity index (χ0n) is 9.74. The van der Waals surface area contributed by atoms with Crippen LogP contribution in [0.4, 0.5) is 5.00 Å². The third-order valence-electron chi connectivity index (χ3n) is 2.85. The molecular weight excluding hydrogens is 248 g/mol. The first-order valence-electron chi connectivity index (χ1n) is 5.75. The van der Waals surface area contributed by atoms with Gasteiger partial charge in [-0.3, -0.25) is 0 Å². The summed E-state index contributed by atoms with van der Waals surface area (Å²) in [6.45, 7) is 3.13. The van der Waals surface area contributed by atoms with E-state index in [2.05, 4.69) is 16.1 Å². The van der Waals surface area contributed by atoms with Crippen LogP contribution in [-0.4, -0.2) is 36.1 Å². The van der Waals surface area contributed by atoms with Gasteiger partial charge in [0.2, 0.25) is 0 Å². The van der Waals surface area contributed by atoms with Crippen LogP contribution >= 0.6 is 11.3 Å². The third kappa shape index (κ3) is 1.98. The Bertz CT molecular complexity index is 563. The molecule has 92 valence electrons. The van der Waals surface area contributed by atoms with Crippen molar-refractivity contribution in [2.45, 2.75) is 0 Å². The Morgan fingerprint density at radius 1 is 1.39 bits per heavy atom. The summed E-state index contributed by atoms with van der Waals surface area (Å²) >= 11 is 1.60. The van der Waals surface area contributed by atoms with E-state index >= 15 is 0 Å². The van der Waals surface area contributed by atoms with Crippen LogP contribution in [0.25, 0.3) is 5.00 Å². The second-order valence-corrected chi connectivity index (χ2v) is 4.97. The van der Waals surface area contributed by atoms with Crippen molar-refractivity contribution in [3.05, 3.63) is 30.1 Å². The SMILES string of the molecule is N#Cc1cc(-n2cccn2)sc1N1CCOCC1. The average molecular weight is 260 g/mol. The highest BCUT2D eigenvalue weighted by Crippen LogP contribution is 2.33. The minimum atomic E-state index is 0.715. The summed E-state index contributed by atoms with van der Waals surface area (Å²) in [5.41, 5.74) is 0.715. The van der Waals surface area contributed by atoms with Crippen LogP contribution in [0, 0.1) is 11.3 Å². The van der Waals surface area contributed by atoms with Gasteiger partial charge >= 0.3 is 0 Å². The Hall–Kier alpha value is -1.84. The summed E-state index contributed by atoms with van der Waals surface area (Å²) in [7, 11) is 0. The van der Waals surface area contributed by atoms with Gasteiger partial charge < -0.3 is 9.64 Å². The molecule has 6 heteroatoms. The normalized spacial score (nSPS) is 15.6. The number of nitriles is 1. The minimum absolute atomic E-state index is 0.715. The molecular formula is C12H12N4OS. The van der Waals surface area contributed by atoms with Gasteiger partial charge in [-0.05, 0) is 12.1 Å². The Morgan fingerprint density at radius 2 is 2.22 bits per heavy atom. The molecule has 0 aliphatic carbocycles. The lowest BCUT2D eigenvalue weighted by atomic mass is 10.3. The average Bonchev–Trinajstić information content (AvgIpc) is 3.08. The molecule has 0 amide bonds. The molecule has 0 N–H and O–H groups in total. The molecule has 0 radical (unpaired) electrons. The Kier molecular flexibility index (Phi) is 3.00. The summed E-state index contributed by atoms with van der Waals surface area (Å²) in [5.74, 6) is 0. The topological polar surface area (TPSA) is 54.1 Å². The zero-order chi connectivity index (χ0) is 12.4. The van der Waals surface area contributed by atoms with Crippen molar-refractivity contribution in [1.29, 1.82) is 5.26 Å². The summed E-state index contributed by atoms with van der Waals surface area (Å²) < 4.78 is 7.12. The first-order chi connectivity index (χ1) is 8.88. The van der Waals surface area contributed by atoms with Crippen LogP contribution in [0.2, 0.25) is 0 Å². The molecule has 5 nitrogen and oxygen atoms in total. The van der Waals surface area contributed by atoms with E-state index in [0.717, 1.165) is 36.3 Å². The van der Waals surface area contributed by atoms with Crippen LogP contribution in [-0.2, 0) is 4.74 Å². The standard InChI is InChI=1S/C12H12N4OS/c13-9-10-8-11(16-3-1-2-14-16)18-12(10)15-4-6-17-7-5-15/h1-3,8H,4-7H2. The van der Waals surface area contributed by atoms with Crippen molar-refractivity contribution in [3.8, 4) is 11.1 Å². The summed E-state index contributed by atoms with van der Waals surface area (Å²) in [4.78, 5) is 2.21. The van der Waals surface area contributed by atoms with Gasteiger partial charge in [0.25, 0.3) is 0 Å². The molecule has 0 unspecified atom stereocenters. The van der Waals surface area contributed by atoms with Crippen LogP contribution in [0.3, 0.4) is 0 Å². The number of rotatable bonds is 2. The van der Waals surface area contributed by atoms with Gasteiger partial charge in [0.15, 0.2) is 0 Å². The Balaban J connectivity index is 1.96. The third-order valence-corrected chi connectivity index (χ3v) is 4.03. The van der Waals surface area contributed by atoms with Crippen molar-refractivity contribution >= 4 is 16.3 Å². The smallest absolute Gasteiger partial charge is 0.120 e. The number of ether oxygens (including phenoxy) is 1. The van der Waals surface area contributed by atoms with Crippen molar-refractivity contribution in [1.82, 2.24) is 9.78 Å². The quantitative estimate of drug-likeness (QED) is 0.823. The summed E-state index contributed by atoms with van der Waals surface area (Å²) in [6, 6.07) is 6.03. The number of anilines is 1. The first kappa shape index (κ1) is 11.3. The number of thiophene rings is 1. The number of aromatic nitrogens is 2. The molecule has 3 rings (SSSR count). The minimum Gasteiger partial charge on any atom is -0.378 e. The molecule has 0 atom stereocenters. The number of hydrogen-bond donors (Lipinski definition) is 0. The van der Waals surface area contributed by atoms with Gasteiger partial charge in [-0.2, -0.15) is 10.4 Å². The number of hydrogen-bond acceptors (Lipinski definition) is 5. The van der Waals surface area contributed by atoms with E-state index < -0.39 is 0 Å². The van der Waals surface area contributed by atoms with Crippen molar-refractivity contribution < 1.29 is 4.74 Å². The van der Waals surface area contributed by atoms with Crippen LogP contribution in [0.5, 0.6) is 0 Å². The van der Waals surface area contributed by atoms with Crippen molar-refractivity contribution in [2.75, 3.05) is 31.2 Å². The summed E-state index contributed by atoms with van der Waals surface area (Å²) in [5, 5.41) is 15.4. The van der Waals surface area contributed by atoms with E-state index in [1.807, 2.05) is 18.3 Å². The molecule has 0 bridgehead atoms. The van der Waals surface area contributed by atoms with E-state index in [-0.39, 0.29) is 0 Å². The monoisotopic (exact) mass is 260 g/mol. The van der Waals surface area contributed by atoms with Gasteiger partial charge in [-0.15, -0.1) is 0 Å².